The zero-order valence-electron chi connectivity index (χ0n) is 7.84. The number of hydrogen-bond donors (Lipinski definition) is 0. The summed E-state index contributed by atoms with van der Waals surface area (Å²) in [6.45, 7) is 0. The molecule has 0 N–H and O–H groups in total. The van der Waals surface area contributed by atoms with E-state index in [2.05, 4.69) is 0 Å². The van der Waals surface area contributed by atoms with Crippen LogP contribution in [0.2, 0.25) is 0 Å². The van der Waals surface area contributed by atoms with Gasteiger partial charge >= 0.3 is 0 Å². The van der Waals surface area contributed by atoms with Gasteiger partial charge in [0, 0.05) is 16.9 Å². The maximum absolute atomic E-state index is 11.1. The summed E-state index contributed by atoms with van der Waals surface area (Å²) in [5.74, 6) is -0.338. The molecule has 0 spiro atoms. The van der Waals surface area contributed by atoms with E-state index in [9.17, 15) is 16.8 Å². The Kier molecular flexibility index (Phi) is 3.42. The second-order valence-corrected chi connectivity index (χ2v) is 7.79. The average molecular weight is 269 g/mol. The highest BCUT2D eigenvalue weighted by molar-refractivity contribution is 8.13. The van der Waals surface area contributed by atoms with Gasteiger partial charge in [-0.25, -0.2) is 16.8 Å². The van der Waals surface area contributed by atoms with E-state index in [-0.39, 0.29) is 16.2 Å². The first-order valence-electron chi connectivity index (χ1n) is 3.90. The monoisotopic (exact) mass is 268 g/mol. The molecule has 0 aliphatic heterocycles. The van der Waals surface area contributed by atoms with Gasteiger partial charge in [0.05, 0.1) is 10.6 Å². The van der Waals surface area contributed by atoms with E-state index in [0.29, 0.717) is 0 Å². The van der Waals surface area contributed by atoms with Crippen molar-refractivity contribution < 1.29 is 16.8 Å². The van der Waals surface area contributed by atoms with Crippen molar-refractivity contribution in [1.82, 2.24) is 0 Å². The van der Waals surface area contributed by atoms with E-state index in [1.54, 1.807) is 6.07 Å². The van der Waals surface area contributed by atoms with Crippen molar-refractivity contribution in [2.45, 2.75) is 10.6 Å². The Bertz CT molecular complexity index is 560. The summed E-state index contributed by atoms with van der Waals surface area (Å²) < 4.78 is 44.3. The van der Waals surface area contributed by atoms with Crippen LogP contribution in [0.4, 0.5) is 0 Å². The molecule has 0 amide bonds. The van der Waals surface area contributed by atoms with Crippen LogP contribution in [-0.4, -0.2) is 23.1 Å². The van der Waals surface area contributed by atoms with E-state index in [1.807, 2.05) is 0 Å². The highest BCUT2D eigenvalue weighted by atomic mass is 35.7. The molecule has 84 valence electrons. The van der Waals surface area contributed by atoms with Crippen LogP contribution < -0.4 is 0 Å². The van der Waals surface area contributed by atoms with Gasteiger partial charge in [-0.3, -0.25) is 0 Å². The third-order valence-electron chi connectivity index (χ3n) is 1.65. The van der Waals surface area contributed by atoms with E-state index < -0.39 is 18.9 Å². The summed E-state index contributed by atoms with van der Waals surface area (Å²) in [7, 11) is -2.01. The SMILES string of the molecule is CS(=O)(=O)Cc1ccccc1S(=O)(=O)Cl. The molecular formula is C8H9ClO4S2. The predicted molar refractivity (Wildman–Crippen MR) is 58.0 cm³/mol. The van der Waals surface area contributed by atoms with Gasteiger partial charge in [-0.05, 0) is 11.6 Å². The average Bonchev–Trinajstić information content (AvgIpc) is 1.99. The van der Waals surface area contributed by atoms with Crippen LogP contribution in [0.25, 0.3) is 0 Å². The third-order valence-corrected chi connectivity index (χ3v) is 3.91. The molecule has 0 saturated carbocycles. The van der Waals surface area contributed by atoms with E-state index in [1.165, 1.54) is 18.2 Å². The van der Waals surface area contributed by atoms with E-state index in [0.717, 1.165) is 6.26 Å². The summed E-state index contributed by atoms with van der Waals surface area (Å²) in [4.78, 5) is -0.155. The fourth-order valence-electron chi connectivity index (χ4n) is 1.14. The lowest BCUT2D eigenvalue weighted by atomic mass is 10.2. The third kappa shape index (κ3) is 3.81. The second kappa shape index (κ2) is 4.11. The standard InChI is InChI=1S/C8H9ClO4S2/c1-14(10,11)6-7-4-2-3-5-8(7)15(9,12)13/h2-5H,6H2,1H3. The van der Waals surface area contributed by atoms with Crippen LogP contribution in [0.3, 0.4) is 0 Å². The Balaban J connectivity index is 3.32. The largest absolute Gasteiger partial charge is 0.261 e. The van der Waals surface area contributed by atoms with Crippen LogP contribution in [-0.2, 0) is 24.6 Å². The molecule has 0 heterocycles. The van der Waals surface area contributed by atoms with Gasteiger partial charge in [0.25, 0.3) is 9.05 Å². The van der Waals surface area contributed by atoms with Crippen LogP contribution in [0, 0.1) is 0 Å². The second-order valence-electron chi connectivity index (χ2n) is 3.12. The van der Waals surface area contributed by atoms with Gasteiger partial charge in [-0.15, -0.1) is 0 Å². The molecule has 0 fully saturated rings. The van der Waals surface area contributed by atoms with Crippen molar-refractivity contribution in [3.63, 3.8) is 0 Å². The molecule has 1 aromatic rings. The molecule has 0 saturated heterocycles. The normalized spacial score (nSPS) is 12.7. The Morgan fingerprint density at radius 2 is 1.67 bits per heavy atom. The van der Waals surface area contributed by atoms with Gasteiger partial charge < -0.3 is 0 Å². The summed E-state index contributed by atoms with van der Waals surface area (Å²) in [6.07, 6.45) is 1.03. The molecule has 4 nitrogen and oxygen atoms in total. The molecule has 1 rings (SSSR count). The van der Waals surface area contributed by atoms with Gasteiger partial charge in [0.15, 0.2) is 9.84 Å². The molecule has 0 aliphatic rings. The van der Waals surface area contributed by atoms with Crippen molar-refractivity contribution in [3.8, 4) is 0 Å². The van der Waals surface area contributed by atoms with Gasteiger partial charge in [-0.1, -0.05) is 18.2 Å². The summed E-state index contributed by atoms with van der Waals surface area (Å²) in [5, 5.41) is 0. The Labute approximate surface area is 93.2 Å². The molecule has 7 heteroatoms. The minimum Gasteiger partial charge on any atom is -0.229 e. The molecule has 0 unspecified atom stereocenters. The molecule has 15 heavy (non-hydrogen) atoms. The van der Waals surface area contributed by atoms with Crippen LogP contribution in [0.5, 0.6) is 0 Å². The smallest absolute Gasteiger partial charge is 0.229 e. The molecule has 1 aromatic carbocycles. The van der Waals surface area contributed by atoms with Crippen LogP contribution in [0.1, 0.15) is 5.56 Å². The van der Waals surface area contributed by atoms with Crippen LogP contribution in [0.15, 0.2) is 29.2 Å². The lowest BCUT2D eigenvalue weighted by Crippen LogP contribution is -2.05. The molecule has 0 aliphatic carbocycles. The number of sulfone groups is 1. The van der Waals surface area contributed by atoms with Crippen molar-refractivity contribution in [1.29, 1.82) is 0 Å². The lowest BCUT2D eigenvalue weighted by Gasteiger charge is -2.04. The zero-order valence-corrected chi connectivity index (χ0v) is 10.2. The van der Waals surface area contributed by atoms with E-state index in [4.69, 9.17) is 10.7 Å². The Morgan fingerprint density at radius 3 is 2.13 bits per heavy atom. The molecule has 0 radical (unpaired) electrons. The molecule has 0 aromatic heterocycles. The minimum absolute atomic E-state index is 0.155. The summed E-state index contributed by atoms with van der Waals surface area (Å²) >= 11 is 0. The van der Waals surface area contributed by atoms with Gasteiger partial charge in [-0.2, -0.15) is 0 Å². The zero-order chi connectivity index (χ0) is 11.7. The first kappa shape index (κ1) is 12.5. The molecular weight excluding hydrogens is 260 g/mol. The van der Waals surface area contributed by atoms with Crippen molar-refractivity contribution in [3.05, 3.63) is 29.8 Å². The predicted octanol–water partition coefficient (Wildman–Crippen LogP) is 1.16. The van der Waals surface area contributed by atoms with Gasteiger partial charge in [0.2, 0.25) is 0 Å². The van der Waals surface area contributed by atoms with E-state index >= 15 is 0 Å². The highest BCUT2D eigenvalue weighted by Gasteiger charge is 2.17. The highest BCUT2D eigenvalue weighted by Crippen LogP contribution is 2.21. The van der Waals surface area contributed by atoms with Crippen molar-refractivity contribution in [2.24, 2.45) is 0 Å². The fourth-order valence-corrected chi connectivity index (χ4v) is 3.20. The van der Waals surface area contributed by atoms with Gasteiger partial charge in [0.1, 0.15) is 0 Å². The Morgan fingerprint density at radius 1 is 1.13 bits per heavy atom. The first-order chi connectivity index (χ1) is 6.70. The maximum atomic E-state index is 11.1. The van der Waals surface area contributed by atoms with Crippen molar-refractivity contribution in [2.75, 3.05) is 6.26 Å². The lowest BCUT2D eigenvalue weighted by molar-refractivity contribution is 0.600. The first-order valence-corrected chi connectivity index (χ1v) is 8.27. The number of hydrogen-bond acceptors (Lipinski definition) is 4. The summed E-state index contributed by atoms with van der Waals surface area (Å²) in [6, 6.07) is 5.76. The van der Waals surface area contributed by atoms with Crippen molar-refractivity contribution >= 4 is 29.6 Å². The fraction of sp³-hybridized carbons (Fsp3) is 0.250. The number of benzene rings is 1. The van der Waals surface area contributed by atoms with Crippen LogP contribution >= 0.6 is 10.7 Å². The quantitative estimate of drug-likeness (QED) is 0.772. The number of rotatable bonds is 3. The summed E-state index contributed by atoms with van der Waals surface area (Å²) in [5.41, 5.74) is 0.190. The minimum atomic E-state index is -3.90. The Hall–Kier alpha value is -0.590. The molecule has 0 bridgehead atoms. The topological polar surface area (TPSA) is 68.3 Å². The number of halogens is 1. The maximum Gasteiger partial charge on any atom is 0.261 e. The molecule has 0 atom stereocenters.